The molecule has 0 heterocycles. The third-order valence-corrected chi connectivity index (χ3v) is 3.22. The van der Waals surface area contributed by atoms with Crippen LogP contribution in [0.5, 0.6) is 5.75 Å². The van der Waals surface area contributed by atoms with E-state index in [9.17, 15) is 9.50 Å². The lowest BCUT2D eigenvalue weighted by Gasteiger charge is -2.14. The van der Waals surface area contributed by atoms with Crippen LogP contribution in [-0.2, 0) is 0 Å². The van der Waals surface area contributed by atoms with Gasteiger partial charge in [0.25, 0.3) is 0 Å². The quantitative estimate of drug-likeness (QED) is 0.842. The Bertz CT molecular complexity index is 610. The summed E-state index contributed by atoms with van der Waals surface area (Å²) in [6.45, 7) is 0.290. The van der Waals surface area contributed by atoms with Crippen molar-refractivity contribution >= 4 is 28.9 Å². The van der Waals surface area contributed by atoms with Crippen LogP contribution in [0, 0.1) is 5.82 Å². The zero-order chi connectivity index (χ0) is 15.2. The molecule has 1 unspecified atom stereocenters. The Kier molecular flexibility index (Phi) is 5.67. The van der Waals surface area contributed by atoms with Crippen molar-refractivity contribution in [2.24, 2.45) is 0 Å². The van der Waals surface area contributed by atoms with Crippen molar-refractivity contribution in [1.82, 2.24) is 0 Å². The summed E-state index contributed by atoms with van der Waals surface area (Å²) < 4.78 is 18.4. The molecule has 0 radical (unpaired) electrons. The predicted molar refractivity (Wildman–Crippen MR) is 82.9 cm³/mol. The van der Waals surface area contributed by atoms with Crippen molar-refractivity contribution in [2.75, 3.05) is 18.5 Å². The number of ether oxygens (including phenoxy) is 1. The molecule has 112 valence electrons. The summed E-state index contributed by atoms with van der Waals surface area (Å²) in [7, 11) is 0. The Hall–Kier alpha value is -1.49. The second kappa shape index (κ2) is 7.50. The molecule has 0 saturated heterocycles. The van der Waals surface area contributed by atoms with Crippen LogP contribution in [0.15, 0.2) is 42.5 Å². The molecule has 2 rings (SSSR count). The molecule has 2 aromatic rings. The average Bonchev–Trinajstić information content (AvgIpc) is 2.44. The number of halogens is 3. The van der Waals surface area contributed by atoms with Crippen LogP contribution in [0.1, 0.15) is 0 Å². The van der Waals surface area contributed by atoms with Gasteiger partial charge in [0, 0.05) is 17.3 Å². The molecule has 21 heavy (non-hydrogen) atoms. The summed E-state index contributed by atoms with van der Waals surface area (Å²) in [5.41, 5.74) is 0.596. The second-order valence-electron chi connectivity index (χ2n) is 4.43. The van der Waals surface area contributed by atoms with Gasteiger partial charge in [-0.1, -0.05) is 29.3 Å². The summed E-state index contributed by atoms with van der Waals surface area (Å²) in [5.74, 6) is 0.115. The van der Waals surface area contributed by atoms with E-state index in [1.54, 1.807) is 30.3 Å². The lowest BCUT2D eigenvalue weighted by atomic mass is 10.3. The molecule has 0 aliphatic heterocycles. The van der Waals surface area contributed by atoms with Crippen LogP contribution < -0.4 is 10.1 Å². The van der Waals surface area contributed by atoms with E-state index in [1.807, 2.05) is 0 Å². The van der Waals surface area contributed by atoms with Crippen molar-refractivity contribution in [3.63, 3.8) is 0 Å². The molecule has 0 bridgehead atoms. The number of rotatable bonds is 6. The number of anilines is 1. The Labute approximate surface area is 132 Å². The molecule has 0 aliphatic carbocycles. The third kappa shape index (κ3) is 5.08. The van der Waals surface area contributed by atoms with Crippen molar-refractivity contribution in [2.45, 2.75) is 6.10 Å². The van der Waals surface area contributed by atoms with Crippen LogP contribution >= 0.6 is 23.2 Å². The SMILES string of the molecule is OC(CNc1cccc(F)c1)COc1ccc(Cl)cc1Cl. The van der Waals surface area contributed by atoms with Gasteiger partial charge in [-0.3, -0.25) is 0 Å². The number of benzene rings is 2. The first-order valence-electron chi connectivity index (χ1n) is 6.30. The highest BCUT2D eigenvalue weighted by molar-refractivity contribution is 6.35. The minimum absolute atomic E-state index is 0.0592. The molecule has 1 atom stereocenters. The summed E-state index contributed by atoms with van der Waals surface area (Å²) in [6.07, 6.45) is -0.764. The molecule has 2 aromatic carbocycles. The Balaban J connectivity index is 1.80. The molecule has 0 aromatic heterocycles. The maximum Gasteiger partial charge on any atom is 0.138 e. The van der Waals surface area contributed by atoms with E-state index < -0.39 is 6.10 Å². The highest BCUT2D eigenvalue weighted by Gasteiger charge is 2.08. The molecule has 0 fully saturated rings. The van der Waals surface area contributed by atoms with Gasteiger partial charge in [0.15, 0.2) is 0 Å². The van der Waals surface area contributed by atoms with Crippen molar-refractivity contribution in [3.8, 4) is 5.75 Å². The minimum Gasteiger partial charge on any atom is -0.489 e. The monoisotopic (exact) mass is 329 g/mol. The second-order valence-corrected chi connectivity index (χ2v) is 5.27. The van der Waals surface area contributed by atoms with E-state index in [0.717, 1.165) is 0 Å². The zero-order valence-electron chi connectivity index (χ0n) is 11.0. The van der Waals surface area contributed by atoms with E-state index >= 15 is 0 Å². The van der Waals surface area contributed by atoms with E-state index in [4.69, 9.17) is 27.9 Å². The van der Waals surface area contributed by atoms with Crippen LogP contribution in [0.25, 0.3) is 0 Å². The number of aliphatic hydroxyl groups excluding tert-OH is 1. The Morgan fingerprint density at radius 2 is 2.00 bits per heavy atom. The number of aliphatic hydroxyl groups is 1. The Morgan fingerprint density at radius 1 is 1.19 bits per heavy atom. The maximum absolute atomic E-state index is 13.0. The van der Waals surface area contributed by atoms with Gasteiger partial charge in [-0.2, -0.15) is 0 Å². The van der Waals surface area contributed by atoms with Crippen molar-refractivity contribution in [1.29, 1.82) is 0 Å². The lowest BCUT2D eigenvalue weighted by molar-refractivity contribution is 0.117. The Morgan fingerprint density at radius 3 is 2.71 bits per heavy atom. The lowest BCUT2D eigenvalue weighted by Crippen LogP contribution is -2.26. The molecular weight excluding hydrogens is 316 g/mol. The largest absolute Gasteiger partial charge is 0.489 e. The van der Waals surface area contributed by atoms with Gasteiger partial charge in [0.1, 0.15) is 24.3 Å². The zero-order valence-corrected chi connectivity index (χ0v) is 12.5. The fourth-order valence-electron chi connectivity index (χ4n) is 1.67. The van der Waals surface area contributed by atoms with Crippen molar-refractivity contribution in [3.05, 3.63) is 58.3 Å². The first kappa shape index (κ1) is 15.9. The topological polar surface area (TPSA) is 41.5 Å². The molecule has 3 nitrogen and oxygen atoms in total. The fourth-order valence-corrected chi connectivity index (χ4v) is 2.13. The number of nitrogens with one attached hydrogen (secondary N) is 1. The number of hydrogen-bond acceptors (Lipinski definition) is 3. The average molecular weight is 330 g/mol. The molecule has 2 N–H and O–H groups in total. The van der Waals surface area contributed by atoms with Gasteiger partial charge < -0.3 is 15.2 Å². The summed E-state index contributed by atoms with van der Waals surface area (Å²) in [6, 6.07) is 10.9. The summed E-state index contributed by atoms with van der Waals surface area (Å²) in [5, 5.41) is 13.7. The molecule has 0 saturated carbocycles. The molecular formula is C15H14Cl2FNO2. The van der Waals surface area contributed by atoms with E-state index in [2.05, 4.69) is 5.32 Å². The van der Waals surface area contributed by atoms with Gasteiger partial charge >= 0.3 is 0 Å². The number of hydrogen-bond donors (Lipinski definition) is 2. The van der Waals surface area contributed by atoms with Crippen molar-refractivity contribution < 1.29 is 14.2 Å². The van der Waals surface area contributed by atoms with Gasteiger partial charge in [-0.15, -0.1) is 0 Å². The predicted octanol–water partition coefficient (Wildman–Crippen LogP) is 3.98. The fraction of sp³-hybridized carbons (Fsp3) is 0.200. The highest BCUT2D eigenvalue weighted by atomic mass is 35.5. The van der Waals surface area contributed by atoms with Crippen LogP contribution in [-0.4, -0.2) is 24.4 Å². The first-order chi connectivity index (χ1) is 10.0. The van der Waals surface area contributed by atoms with E-state index in [0.29, 0.717) is 21.5 Å². The molecule has 0 aliphatic rings. The maximum atomic E-state index is 13.0. The van der Waals surface area contributed by atoms with Gasteiger partial charge in [-0.05, 0) is 36.4 Å². The normalized spacial score (nSPS) is 12.0. The van der Waals surface area contributed by atoms with Gasteiger partial charge in [0.05, 0.1) is 5.02 Å². The molecule has 6 heteroatoms. The first-order valence-corrected chi connectivity index (χ1v) is 7.05. The molecule has 0 spiro atoms. The van der Waals surface area contributed by atoms with E-state index in [1.165, 1.54) is 12.1 Å². The van der Waals surface area contributed by atoms with Crippen LogP contribution in [0.3, 0.4) is 0 Å². The van der Waals surface area contributed by atoms with E-state index in [-0.39, 0.29) is 19.0 Å². The molecule has 0 amide bonds. The smallest absolute Gasteiger partial charge is 0.138 e. The van der Waals surface area contributed by atoms with Gasteiger partial charge in [-0.25, -0.2) is 4.39 Å². The van der Waals surface area contributed by atoms with Gasteiger partial charge in [0.2, 0.25) is 0 Å². The van der Waals surface area contributed by atoms with Crippen LogP contribution in [0.4, 0.5) is 10.1 Å². The minimum atomic E-state index is -0.764. The summed E-state index contributed by atoms with van der Waals surface area (Å²) in [4.78, 5) is 0. The van der Waals surface area contributed by atoms with Crippen LogP contribution in [0.2, 0.25) is 10.0 Å². The standard InChI is InChI=1S/C15H14Cl2FNO2/c16-10-4-5-15(14(17)6-10)21-9-13(20)8-19-12-3-1-2-11(18)7-12/h1-7,13,19-20H,8-9H2. The highest BCUT2D eigenvalue weighted by Crippen LogP contribution is 2.27. The summed E-state index contributed by atoms with van der Waals surface area (Å²) >= 11 is 11.7. The third-order valence-electron chi connectivity index (χ3n) is 2.69.